The Labute approximate surface area is 111 Å². The molecule has 0 aromatic carbocycles. The summed E-state index contributed by atoms with van der Waals surface area (Å²) in [4.78, 5) is 14.7. The van der Waals surface area contributed by atoms with Gasteiger partial charge in [-0.15, -0.1) is 23.7 Å². The molecule has 1 saturated heterocycles. The van der Waals surface area contributed by atoms with Crippen LogP contribution in [0.1, 0.15) is 16.1 Å². The van der Waals surface area contributed by atoms with Gasteiger partial charge < -0.3 is 15.4 Å². The van der Waals surface area contributed by atoms with Crippen LogP contribution in [-0.2, 0) is 0 Å². The van der Waals surface area contributed by atoms with Gasteiger partial charge in [-0.2, -0.15) is 0 Å². The summed E-state index contributed by atoms with van der Waals surface area (Å²) in [6, 6.07) is 1.83. The average molecular weight is 277 g/mol. The minimum atomic E-state index is 0. The van der Waals surface area contributed by atoms with Crippen LogP contribution >= 0.6 is 23.7 Å². The lowest BCUT2D eigenvalue weighted by Gasteiger charge is -2.15. The number of rotatable bonds is 3. The number of halogens is 1. The molecule has 17 heavy (non-hydrogen) atoms. The van der Waals surface area contributed by atoms with E-state index in [-0.39, 0.29) is 18.3 Å². The van der Waals surface area contributed by atoms with Crippen LogP contribution in [0.4, 0.5) is 0 Å². The fraction of sp³-hybridized carbons (Fsp3) is 0.545. The Hall–Kier alpha value is -0.780. The van der Waals surface area contributed by atoms with Crippen LogP contribution in [0.5, 0.6) is 5.75 Å². The van der Waals surface area contributed by atoms with Crippen molar-refractivity contribution in [2.75, 3.05) is 26.7 Å². The quantitative estimate of drug-likeness (QED) is 0.912. The minimum absolute atomic E-state index is 0. The van der Waals surface area contributed by atoms with Gasteiger partial charge in [0, 0.05) is 13.1 Å². The zero-order valence-electron chi connectivity index (χ0n) is 9.72. The molecule has 1 atom stereocenters. The number of nitrogens with two attached hydrogens (primary N) is 1. The van der Waals surface area contributed by atoms with Crippen LogP contribution in [0, 0.1) is 5.92 Å². The Morgan fingerprint density at radius 2 is 2.47 bits per heavy atom. The number of carbonyl (C=O) groups excluding carboxylic acids is 1. The molecule has 1 aromatic rings. The fourth-order valence-corrected chi connectivity index (χ4v) is 2.79. The summed E-state index contributed by atoms with van der Waals surface area (Å²) in [5, 5.41) is 1.88. The van der Waals surface area contributed by atoms with E-state index in [1.165, 1.54) is 11.3 Å². The molecule has 4 nitrogen and oxygen atoms in total. The van der Waals surface area contributed by atoms with E-state index in [9.17, 15) is 4.79 Å². The highest BCUT2D eigenvalue weighted by molar-refractivity contribution is 7.12. The van der Waals surface area contributed by atoms with Gasteiger partial charge in [-0.25, -0.2) is 0 Å². The molecule has 1 aliphatic heterocycles. The first-order valence-electron chi connectivity index (χ1n) is 5.37. The smallest absolute Gasteiger partial charge is 0.267 e. The van der Waals surface area contributed by atoms with Crippen molar-refractivity contribution in [3.63, 3.8) is 0 Å². The van der Waals surface area contributed by atoms with Gasteiger partial charge >= 0.3 is 0 Å². The van der Waals surface area contributed by atoms with E-state index in [1.807, 2.05) is 16.3 Å². The summed E-state index contributed by atoms with van der Waals surface area (Å²) in [7, 11) is 1.59. The minimum Gasteiger partial charge on any atom is -0.495 e. The molecule has 0 radical (unpaired) electrons. The van der Waals surface area contributed by atoms with E-state index in [4.69, 9.17) is 10.5 Å². The normalized spacial score (nSPS) is 18.9. The molecule has 1 amide bonds. The molecule has 0 bridgehead atoms. The van der Waals surface area contributed by atoms with Gasteiger partial charge in [-0.3, -0.25) is 4.79 Å². The average Bonchev–Trinajstić information content (AvgIpc) is 2.96. The number of carbonyl (C=O) groups is 1. The van der Waals surface area contributed by atoms with Crippen molar-refractivity contribution in [3.05, 3.63) is 16.3 Å². The number of likely N-dealkylation sites (tertiary alicyclic amines) is 1. The molecule has 1 fully saturated rings. The second-order valence-electron chi connectivity index (χ2n) is 3.96. The summed E-state index contributed by atoms with van der Waals surface area (Å²) in [5.41, 5.74) is 5.61. The largest absolute Gasteiger partial charge is 0.495 e. The maximum absolute atomic E-state index is 12.2. The predicted molar refractivity (Wildman–Crippen MR) is 71.2 cm³/mol. The standard InChI is InChI=1S/C11H16N2O2S.ClH/c1-15-9-3-5-16-10(9)11(14)13-4-2-8(6-12)7-13;/h3,5,8H,2,4,6-7,12H2,1H3;1H. The van der Waals surface area contributed by atoms with Crippen LogP contribution in [0.2, 0.25) is 0 Å². The molecule has 2 N–H and O–H groups in total. The number of amides is 1. The monoisotopic (exact) mass is 276 g/mol. The Morgan fingerprint density at radius 1 is 1.71 bits per heavy atom. The maximum atomic E-state index is 12.2. The second-order valence-corrected chi connectivity index (χ2v) is 4.88. The molecule has 0 aliphatic carbocycles. The maximum Gasteiger partial charge on any atom is 0.267 e. The Balaban J connectivity index is 0.00000144. The summed E-state index contributed by atoms with van der Waals surface area (Å²) < 4.78 is 5.16. The second kappa shape index (κ2) is 6.23. The number of ether oxygens (including phenoxy) is 1. The number of hydrogen-bond donors (Lipinski definition) is 1. The summed E-state index contributed by atoms with van der Waals surface area (Å²) in [5.74, 6) is 1.20. The lowest BCUT2D eigenvalue weighted by Crippen LogP contribution is -2.29. The Morgan fingerprint density at radius 3 is 3.06 bits per heavy atom. The van der Waals surface area contributed by atoms with E-state index in [1.54, 1.807) is 7.11 Å². The SMILES string of the molecule is COc1ccsc1C(=O)N1CCC(CN)C1.Cl. The zero-order valence-corrected chi connectivity index (χ0v) is 11.4. The third-order valence-corrected chi connectivity index (χ3v) is 3.83. The fourth-order valence-electron chi connectivity index (χ4n) is 1.97. The highest BCUT2D eigenvalue weighted by Gasteiger charge is 2.28. The number of thiophene rings is 1. The molecule has 2 rings (SSSR count). The Kier molecular flexibility index (Phi) is 5.24. The van der Waals surface area contributed by atoms with Gasteiger partial charge in [0.15, 0.2) is 0 Å². The van der Waals surface area contributed by atoms with Gasteiger partial charge in [0.05, 0.1) is 7.11 Å². The van der Waals surface area contributed by atoms with E-state index >= 15 is 0 Å². The summed E-state index contributed by atoms with van der Waals surface area (Å²) >= 11 is 1.43. The number of hydrogen-bond acceptors (Lipinski definition) is 4. The third-order valence-electron chi connectivity index (χ3n) is 2.95. The van der Waals surface area contributed by atoms with Crippen molar-refractivity contribution in [2.24, 2.45) is 11.7 Å². The molecular weight excluding hydrogens is 260 g/mol. The van der Waals surface area contributed by atoms with Crippen LogP contribution in [0.3, 0.4) is 0 Å². The highest BCUT2D eigenvalue weighted by atomic mass is 35.5. The first-order chi connectivity index (χ1) is 7.76. The first kappa shape index (κ1) is 14.3. The summed E-state index contributed by atoms with van der Waals surface area (Å²) in [6.07, 6.45) is 1.01. The third kappa shape index (κ3) is 2.91. The van der Waals surface area contributed by atoms with Gasteiger partial charge in [-0.05, 0) is 30.3 Å². The van der Waals surface area contributed by atoms with Crippen molar-refractivity contribution in [3.8, 4) is 5.75 Å². The van der Waals surface area contributed by atoms with Crippen LogP contribution in [0.15, 0.2) is 11.4 Å². The van der Waals surface area contributed by atoms with E-state index in [0.717, 1.165) is 19.5 Å². The van der Waals surface area contributed by atoms with Crippen LogP contribution in [0.25, 0.3) is 0 Å². The van der Waals surface area contributed by atoms with Crippen molar-refractivity contribution < 1.29 is 9.53 Å². The van der Waals surface area contributed by atoms with E-state index < -0.39 is 0 Å². The predicted octanol–water partition coefficient (Wildman–Crippen LogP) is 1.60. The molecule has 1 unspecified atom stereocenters. The topological polar surface area (TPSA) is 55.6 Å². The van der Waals surface area contributed by atoms with Crippen LogP contribution in [-0.4, -0.2) is 37.6 Å². The first-order valence-corrected chi connectivity index (χ1v) is 6.25. The van der Waals surface area contributed by atoms with Crippen molar-refractivity contribution in [1.82, 2.24) is 4.90 Å². The molecular formula is C11H17ClN2O2S. The van der Waals surface area contributed by atoms with Crippen LogP contribution < -0.4 is 10.5 Å². The summed E-state index contributed by atoms with van der Waals surface area (Å²) in [6.45, 7) is 2.24. The number of methoxy groups -OCH3 is 1. The lowest BCUT2D eigenvalue weighted by atomic mass is 10.1. The number of nitrogens with zero attached hydrogens (tertiary/aromatic N) is 1. The van der Waals surface area contributed by atoms with E-state index in [0.29, 0.717) is 23.1 Å². The zero-order chi connectivity index (χ0) is 11.5. The van der Waals surface area contributed by atoms with E-state index in [2.05, 4.69) is 0 Å². The lowest BCUT2D eigenvalue weighted by molar-refractivity contribution is 0.0789. The molecule has 96 valence electrons. The van der Waals surface area contributed by atoms with Crippen molar-refractivity contribution >= 4 is 29.7 Å². The van der Waals surface area contributed by atoms with Crippen molar-refractivity contribution in [1.29, 1.82) is 0 Å². The van der Waals surface area contributed by atoms with Gasteiger partial charge in [0.2, 0.25) is 0 Å². The molecule has 6 heteroatoms. The molecule has 2 heterocycles. The van der Waals surface area contributed by atoms with Crippen molar-refractivity contribution in [2.45, 2.75) is 6.42 Å². The molecule has 0 spiro atoms. The van der Waals surface area contributed by atoms with Gasteiger partial charge in [0.25, 0.3) is 5.91 Å². The van der Waals surface area contributed by atoms with Gasteiger partial charge in [0.1, 0.15) is 10.6 Å². The molecule has 1 aromatic heterocycles. The molecule has 0 saturated carbocycles. The highest BCUT2D eigenvalue weighted by Crippen LogP contribution is 2.28. The Bertz CT molecular complexity index is 383. The molecule has 1 aliphatic rings. The van der Waals surface area contributed by atoms with Gasteiger partial charge in [-0.1, -0.05) is 0 Å².